The van der Waals surface area contributed by atoms with Crippen LogP contribution in [0.2, 0.25) is 0 Å². The summed E-state index contributed by atoms with van der Waals surface area (Å²) in [6.45, 7) is 0. The smallest absolute Gasteiger partial charge is 0.154 e. The summed E-state index contributed by atoms with van der Waals surface area (Å²) >= 11 is 0. The van der Waals surface area contributed by atoms with Gasteiger partial charge in [-0.15, -0.1) is 0 Å². The van der Waals surface area contributed by atoms with Crippen molar-refractivity contribution in [2.24, 2.45) is 17.6 Å². The zero-order valence-electron chi connectivity index (χ0n) is 15.1. The SMILES string of the molecule is N[C@@H](Cc1c[nH]cn1)C(=O)CC1=CCC(/C=C/CC2C=CC=CC2)C=C1. The van der Waals surface area contributed by atoms with Crippen molar-refractivity contribution in [1.29, 1.82) is 0 Å². The number of hydrogen-bond acceptors (Lipinski definition) is 3. The number of nitrogens with zero attached hydrogens (tertiary/aromatic N) is 1. The van der Waals surface area contributed by atoms with Crippen molar-refractivity contribution in [3.63, 3.8) is 0 Å². The van der Waals surface area contributed by atoms with E-state index in [0.717, 1.165) is 30.5 Å². The van der Waals surface area contributed by atoms with Crippen molar-refractivity contribution in [1.82, 2.24) is 9.97 Å². The van der Waals surface area contributed by atoms with E-state index < -0.39 is 6.04 Å². The Morgan fingerprint density at radius 3 is 2.96 bits per heavy atom. The molecule has 0 aromatic carbocycles. The zero-order valence-corrected chi connectivity index (χ0v) is 15.1. The number of hydrogen-bond donors (Lipinski definition) is 2. The Morgan fingerprint density at radius 1 is 1.35 bits per heavy atom. The van der Waals surface area contributed by atoms with Gasteiger partial charge in [0.25, 0.3) is 0 Å². The minimum absolute atomic E-state index is 0.0648. The van der Waals surface area contributed by atoms with E-state index in [0.29, 0.717) is 24.7 Å². The molecule has 4 nitrogen and oxygen atoms in total. The normalized spacial score (nSPS) is 23.3. The second-order valence-electron chi connectivity index (χ2n) is 7.02. The van der Waals surface area contributed by atoms with Gasteiger partial charge in [0.1, 0.15) is 0 Å². The average molecular weight is 349 g/mol. The van der Waals surface area contributed by atoms with Gasteiger partial charge in [0.15, 0.2) is 5.78 Å². The molecule has 2 aliphatic carbocycles. The van der Waals surface area contributed by atoms with E-state index in [4.69, 9.17) is 5.73 Å². The zero-order chi connectivity index (χ0) is 18.2. The lowest BCUT2D eigenvalue weighted by atomic mass is 9.91. The fourth-order valence-corrected chi connectivity index (χ4v) is 3.26. The molecule has 0 amide bonds. The van der Waals surface area contributed by atoms with Crippen LogP contribution in [-0.2, 0) is 11.2 Å². The molecule has 26 heavy (non-hydrogen) atoms. The number of aromatic amines is 1. The predicted octanol–water partition coefficient (Wildman–Crippen LogP) is 3.82. The summed E-state index contributed by atoms with van der Waals surface area (Å²) in [7, 11) is 0. The molecule has 3 N–H and O–H groups in total. The Labute approximate surface area is 155 Å². The Hall–Kier alpha value is -2.46. The van der Waals surface area contributed by atoms with Gasteiger partial charge in [-0.05, 0) is 36.7 Å². The maximum Gasteiger partial charge on any atom is 0.154 e. The van der Waals surface area contributed by atoms with Crippen LogP contribution in [0.5, 0.6) is 0 Å². The van der Waals surface area contributed by atoms with Gasteiger partial charge < -0.3 is 10.7 Å². The van der Waals surface area contributed by atoms with Gasteiger partial charge >= 0.3 is 0 Å². The molecule has 0 saturated heterocycles. The summed E-state index contributed by atoms with van der Waals surface area (Å²) in [5.41, 5.74) is 7.91. The fourth-order valence-electron chi connectivity index (χ4n) is 3.26. The van der Waals surface area contributed by atoms with Crippen molar-refractivity contribution in [2.45, 2.75) is 38.1 Å². The first-order valence-electron chi connectivity index (χ1n) is 9.34. The molecule has 0 spiro atoms. The second kappa shape index (κ2) is 9.30. The number of imidazole rings is 1. The van der Waals surface area contributed by atoms with Crippen LogP contribution in [0.15, 0.2) is 72.8 Å². The summed E-state index contributed by atoms with van der Waals surface area (Å²) in [5.74, 6) is 1.12. The molecule has 136 valence electrons. The molecule has 1 aromatic rings. The summed E-state index contributed by atoms with van der Waals surface area (Å²) in [4.78, 5) is 19.3. The van der Waals surface area contributed by atoms with Crippen LogP contribution in [0.3, 0.4) is 0 Å². The summed E-state index contributed by atoms with van der Waals surface area (Å²) < 4.78 is 0. The minimum Gasteiger partial charge on any atom is -0.351 e. The highest BCUT2D eigenvalue weighted by molar-refractivity contribution is 5.86. The monoisotopic (exact) mass is 349 g/mol. The van der Waals surface area contributed by atoms with Gasteiger partial charge in [-0.1, -0.05) is 54.7 Å². The second-order valence-corrected chi connectivity index (χ2v) is 7.02. The number of carbonyl (C=O) groups excluding carboxylic acids is 1. The first-order chi connectivity index (χ1) is 12.7. The Balaban J connectivity index is 1.41. The predicted molar refractivity (Wildman–Crippen MR) is 105 cm³/mol. The summed E-state index contributed by atoms with van der Waals surface area (Å²) in [6, 6.07) is -0.497. The number of carbonyl (C=O) groups is 1. The van der Waals surface area contributed by atoms with Crippen molar-refractivity contribution in [3.8, 4) is 0 Å². The van der Waals surface area contributed by atoms with E-state index in [-0.39, 0.29) is 5.78 Å². The summed E-state index contributed by atoms with van der Waals surface area (Å²) in [6.07, 6.45) is 27.2. The highest BCUT2D eigenvalue weighted by atomic mass is 16.1. The maximum absolute atomic E-state index is 12.3. The minimum atomic E-state index is -0.497. The summed E-state index contributed by atoms with van der Waals surface area (Å²) in [5, 5.41) is 0. The lowest BCUT2D eigenvalue weighted by molar-refractivity contribution is -0.119. The highest BCUT2D eigenvalue weighted by Gasteiger charge is 2.17. The number of Topliss-reactive ketones (excluding diaryl/α,β-unsaturated/α-hetero) is 1. The molecule has 2 aliphatic rings. The van der Waals surface area contributed by atoms with E-state index in [9.17, 15) is 4.79 Å². The first kappa shape index (κ1) is 18.3. The molecule has 4 heteroatoms. The molecule has 3 atom stereocenters. The van der Waals surface area contributed by atoms with Crippen molar-refractivity contribution >= 4 is 5.78 Å². The lowest BCUT2D eigenvalue weighted by Crippen LogP contribution is -2.33. The first-order valence-corrected chi connectivity index (χ1v) is 9.34. The van der Waals surface area contributed by atoms with Crippen molar-refractivity contribution in [2.75, 3.05) is 0 Å². The molecule has 0 bridgehead atoms. The molecule has 3 rings (SSSR count). The molecule has 0 aliphatic heterocycles. The lowest BCUT2D eigenvalue weighted by Gasteiger charge is -2.15. The van der Waals surface area contributed by atoms with E-state index in [1.165, 1.54) is 0 Å². The number of aromatic nitrogens is 2. The van der Waals surface area contributed by atoms with E-state index in [2.05, 4.69) is 64.7 Å². The number of rotatable bonds is 8. The number of allylic oxidation sites excluding steroid dienone is 10. The number of nitrogens with two attached hydrogens (primary N) is 1. The van der Waals surface area contributed by atoms with Gasteiger partial charge in [-0.3, -0.25) is 4.79 Å². The maximum atomic E-state index is 12.3. The average Bonchev–Trinajstić information content (AvgIpc) is 3.17. The van der Waals surface area contributed by atoms with Crippen molar-refractivity contribution in [3.05, 3.63) is 78.5 Å². The number of H-pyrrole nitrogens is 1. The molecular formula is C22H27N3O. The van der Waals surface area contributed by atoms with Crippen molar-refractivity contribution < 1.29 is 4.79 Å². The topological polar surface area (TPSA) is 71.8 Å². The molecule has 0 radical (unpaired) electrons. The van der Waals surface area contributed by atoms with Crippen LogP contribution in [0.25, 0.3) is 0 Å². The molecule has 0 saturated carbocycles. The quantitative estimate of drug-likeness (QED) is 0.701. The van der Waals surface area contributed by atoms with Crippen LogP contribution in [-0.4, -0.2) is 21.8 Å². The van der Waals surface area contributed by atoms with Crippen LogP contribution in [0, 0.1) is 11.8 Å². The standard InChI is InChI=1S/C22H27N3O/c23-21(14-20-15-24-16-25-20)22(26)13-19-11-9-18(10-12-19)8-4-7-17-5-2-1-3-6-17/h1-5,8-9,11-12,15-18,21H,6-7,10,13-14,23H2,(H,24,25)/b8-4+/t17?,18?,21-/m0/s1. The largest absolute Gasteiger partial charge is 0.351 e. The Bertz CT molecular complexity index is 737. The molecule has 1 aromatic heterocycles. The fraction of sp³-hybridized carbons (Fsp3) is 0.364. The molecule has 1 heterocycles. The van der Waals surface area contributed by atoms with Gasteiger partial charge in [-0.25, -0.2) is 4.98 Å². The van der Waals surface area contributed by atoms with Crippen LogP contribution in [0.1, 0.15) is 31.4 Å². The molecule has 2 unspecified atom stereocenters. The Morgan fingerprint density at radius 2 is 2.27 bits per heavy atom. The Kier molecular flexibility index (Phi) is 6.56. The third-order valence-electron chi connectivity index (χ3n) is 4.88. The third kappa shape index (κ3) is 5.53. The number of nitrogens with one attached hydrogen (secondary N) is 1. The van der Waals surface area contributed by atoms with Gasteiger partial charge in [-0.2, -0.15) is 0 Å². The molecule has 0 fully saturated rings. The van der Waals surface area contributed by atoms with Gasteiger partial charge in [0.05, 0.1) is 18.1 Å². The number of ketones is 1. The van der Waals surface area contributed by atoms with Crippen LogP contribution >= 0.6 is 0 Å². The third-order valence-corrected chi connectivity index (χ3v) is 4.88. The van der Waals surface area contributed by atoms with Gasteiger partial charge in [0, 0.05) is 19.0 Å². The highest BCUT2D eigenvalue weighted by Crippen LogP contribution is 2.22. The van der Waals surface area contributed by atoms with E-state index in [1.807, 2.05) is 0 Å². The van der Waals surface area contributed by atoms with E-state index in [1.54, 1.807) is 12.5 Å². The van der Waals surface area contributed by atoms with Gasteiger partial charge in [0.2, 0.25) is 0 Å². The van der Waals surface area contributed by atoms with Crippen LogP contribution < -0.4 is 5.73 Å². The molecular weight excluding hydrogens is 322 g/mol. The van der Waals surface area contributed by atoms with E-state index >= 15 is 0 Å². The van der Waals surface area contributed by atoms with Crippen LogP contribution in [0.4, 0.5) is 0 Å².